The highest BCUT2D eigenvalue weighted by Gasteiger charge is 2.21. The van der Waals surface area contributed by atoms with Gasteiger partial charge < -0.3 is 29.6 Å². The Hall–Kier alpha value is -5.67. The van der Waals surface area contributed by atoms with Crippen LogP contribution in [-0.4, -0.2) is 48.4 Å². The number of pyridine rings is 1. The summed E-state index contributed by atoms with van der Waals surface area (Å²) in [5.74, 6) is 0.408. The van der Waals surface area contributed by atoms with E-state index in [9.17, 15) is 9.18 Å². The summed E-state index contributed by atoms with van der Waals surface area (Å²) in [7, 11) is 0. The second kappa shape index (κ2) is 12.8. The number of nitrogens with one attached hydrogen (secondary N) is 2. The molecule has 8 rings (SSSR count). The van der Waals surface area contributed by atoms with Crippen molar-refractivity contribution in [1.82, 2.24) is 9.55 Å². The van der Waals surface area contributed by atoms with Crippen molar-refractivity contribution in [3.8, 4) is 16.9 Å². The van der Waals surface area contributed by atoms with Crippen LogP contribution in [0.25, 0.3) is 22.0 Å². The molecule has 1 amide bonds. The number of morpholine rings is 1. The highest BCUT2D eigenvalue weighted by atomic mass is 19.1. The summed E-state index contributed by atoms with van der Waals surface area (Å²) in [4.78, 5) is 20.1. The molecule has 2 aliphatic rings. The number of carbonyl (C=O) groups is 1. The average Bonchev–Trinajstić information content (AvgIpc) is 3.42. The van der Waals surface area contributed by atoms with Crippen molar-refractivity contribution >= 4 is 39.6 Å². The summed E-state index contributed by atoms with van der Waals surface area (Å²) in [6.45, 7) is 4.42. The second-order valence-electron chi connectivity index (χ2n) is 12.1. The Morgan fingerprint density at radius 2 is 1.62 bits per heavy atom. The van der Waals surface area contributed by atoms with Gasteiger partial charge in [0.2, 0.25) is 0 Å². The lowest BCUT2D eigenvalue weighted by molar-refractivity contribution is 0.102. The average molecular weight is 640 g/mol. The summed E-state index contributed by atoms with van der Waals surface area (Å²) in [6.07, 6.45) is 6.42. The molecule has 1 saturated heterocycles. The summed E-state index contributed by atoms with van der Waals surface area (Å²) < 4.78 is 27.1. The molecule has 0 unspecified atom stereocenters. The van der Waals surface area contributed by atoms with Gasteiger partial charge in [-0.1, -0.05) is 24.3 Å². The van der Waals surface area contributed by atoms with Crippen LogP contribution in [0.2, 0.25) is 0 Å². The van der Waals surface area contributed by atoms with Gasteiger partial charge in [0.25, 0.3) is 5.91 Å². The van der Waals surface area contributed by atoms with E-state index in [4.69, 9.17) is 9.47 Å². The molecule has 0 spiro atoms. The smallest absolute Gasteiger partial charge is 0.257 e. The Labute approximate surface area is 277 Å². The van der Waals surface area contributed by atoms with E-state index in [1.807, 2.05) is 54.7 Å². The maximum Gasteiger partial charge on any atom is 0.257 e. The van der Waals surface area contributed by atoms with Crippen molar-refractivity contribution in [1.29, 1.82) is 0 Å². The zero-order valence-corrected chi connectivity index (χ0v) is 26.3. The molecule has 4 heterocycles. The fraction of sp³-hybridized carbons (Fsp3) is 0.179. The number of hydrogen-bond donors (Lipinski definition) is 2. The Bertz CT molecular complexity index is 2100. The predicted octanol–water partition coefficient (Wildman–Crippen LogP) is 7.66. The maximum absolute atomic E-state index is 13.5. The highest BCUT2D eigenvalue weighted by Crippen LogP contribution is 2.37. The van der Waals surface area contributed by atoms with Gasteiger partial charge in [-0.2, -0.15) is 0 Å². The number of amides is 1. The molecule has 2 aromatic heterocycles. The van der Waals surface area contributed by atoms with Crippen LogP contribution in [0.15, 0.2) is 110 Å². The predicted molar refractivity (Wildman–Crippen MR) is 187 cm³/mol. The summed E-state index contributed by atoms with van der Waals surface area (Å²) in [5, 5.41) is 7.64. The van der Waals surface area contributed by atoms with Crippen molar-refractivity contribution in [3.63, 3.8) is 0 Å². The fourth-order valence-electron chi connectivity index (χ4n) is 6.45. The Kier molecular flexibility index (Phi) is 7.95. The fourth-order valence-corrected chi connectivity index (χ4v) is 6.45. The molecule has 6 aromatic rings. The SMILES string of the molecule is O=C1Nc2cc(CCOc3ccc(N4CCOCC4)cc3)ccc2Nc2cc(-c3cn(Cc4ccc(F)cc4)c4cnccc34)ccc21. The van der Waals surface area contributed by atoms with Gasteiger partial charge >= 0.3 is 0 Å². The van der Waals surface area contributed by atoms with Crippen LogP contribution < -0.4 is 20.3 Å². The van der Waals surface area contributed by atoms with Crippen molar-refractivity contribution in [2.45, 2.75) is 13.0 Å². The molecule has 2 aliphatic heterocycles. The van der Waals surface area contributed by atoms with E-state index < -0.39 is 0 Å². The van der Waals surface area contributed by atoms with E-state index in [0.717, 1.165) is 82.3 Å². The van der Waals surface area contributed by atoms with Crippen LogP contribution in [0.4, 0.5) is 27.1 Å². The Balaban J connectivity index is 0.985. The topological polar surface area (TPSA) is 80.6 Å². The minimum absolute atomic E-state index is 0.167. The molecule has 4 aromatic carbocycles. The van der Waals surface area contributed by atoms with E-state index in [2.05, 4.69) is 49.5 Å². The maximum atomic E-state index is 13.5. The van der Waals surface area contributed by atoms with Gasteiger partial charge in [0.1, 0.15) is 11.6 Å². The lowest BCUT2D eigenvalue weighted by Crippen LogP contribution is -2.36. The first-order valence-electron chi connectivity index (χ1n) is 16.2. The number of rotatable bonds is 8. The number of nitrogens with zero attached hydrogens (tertiary/aromatic N) is 3. The number of hydrogen-bond acceptors (Lipinski definition) is 6. The normalized spacial score (nSPS) is 14.1. The van der Waals surface area contributed by atoms with Crippen LogP contribution in [0, 0.1) is 5.82 Å². The quantitative estimate of drug-likeness (QED) is 0.178. The van der Waals surface area contributed by atoms with Gasteiger partial charge in [-0.25, -0.2) is 4.39 Å². The molecule has 1 fully saturated rings. The highest BCUT2D eigenvalue weighted by molar-refractivity contribution is 6.13. The van der Waals surface area contributed by atoms with Crippen molar-refractivity contribution in [2.24, 2.45) is 0 Å². The first-order valence-corrected chi connectivity index (χ1v) is 16.2. The third-order valence-electron chi connectivity index (χ3n) is 9.00. The number of halogens is 1. The molecular weight excluding hydrogens is 605 g/mol. The molecule has 8 nitrogen and oxygen atoms in total. The number of ether oxygens (including phenoxy) is 2. The van der Waals surface area contributed by atoms with E-state index in [1.165, 1.54) is 17.8 Å². The van der Waals surface area contributed by atoms with E-state index in [1.54, 1.807) is 18.3 Å². The molecule has 0 saturated carbocycles. The molecule has 240 valence electrons. The van der Waals surface area contributed by atoms with Gasteiger partial charge in [0.05, 0.1) is 54.2 Å². The number of benzene rings is 4. The van der Waals surface area contributed by atoms with Crippen LogP contribution in [0.5, 0.6) is 5.75 Å². The molecule has 0 radical (unpaired) electrons. The standard InChI is InChI=1S/C39H34FN5O3/c40-29-5-1-27(2-6-29)24-45-25-34(32-13-15-41-23-38(32)45)28-4-11-33-36(22-28)42-35-12-3-26(21-37(35)43-39(33)46)14-18-48-31-9-7-30(8-10-31)44-16-19-47-20-17-44/h1-13,15,21-23,25,42H,14,16-20,24H2,(H,43,46). The molecule has 0 aliphatic carbocycles. The Morgan fingerprint density at radius 1 is 0.812 bits per heavy atom. The third-order valence-corrected chi connectivity index (χ3v) is 9.00. The number of carbonyl (C=O) groups excluding carboxylic acids is 1. The van der Waals surface area contributed by atoms with Crippen LogP contribution in [-0.2, 0) is 17.7 Å². The first-order chi connectivity index (χ1) is 23.6. The van der Waals surface area contributed by atoms with Gasteiger partial charge in [0, 0.05) is 55.1 Å². The number of aromatic nitrogens is 2. The van der Waals surface area contributed by atoms with E-state index >= 15 is 0 Å². The lowest BCUT2D eigenvalue weighted by Gasteiger charge is -2.28. The van der Waals surface area contributed by atoms with Gasteiger partial charge in [-0.3, -0.25) is 9.78 Å². The van der Waals surface area contributed by atoms with Crippen LogP contribution in [0.3, 0.4) is 0 Å². The lowest BCUT2D eigenvalue weighted by atomic mass is 10.0. The molecule has 0 atom stereocenters. The summed E-state index contributed by atoms with van der Waals surface area (Å²) >= 11 is 0. The third kappa shape index (κ3) is 6.08. The van der Waals surface area contributed by atoms with E-state index in [-0.39, 0.29) is 11.7 Å². The molecule has 9 heteroatoms. The molecular formula is C39H34FN5O3. The summed E-state index contributed by atoms with van der Waals surface area (Å²) in [6, 6.07) is 28.7. The number of anilines is 4. The van der Waals surface area contributed by atoms with Gasteiger partial charge in [0.15, 0.2) is 0 Å². The minimum atomic E-state index is -0.256. The second-order valence-corrected chi connectivity index (χ2v) is 12.1. The largest absolute Gasteiger partial charge is 0.493 e. The zero-order valence-electron chi connectivity index (χ0n) is 26.3. The number of fused-ring (bicyclic) bond motifs is 3. The first kappa shape index (κ1) is 29.7. The molecule has 48 heavy (non-hydrogen) atoms. The summed E-state index contributed by atoms with van der Waals surface area (Å²) in [5.41, 5.74) is 9.06. The van der Waals surface area contributed by atoms with Crippen molar-refractivity contribution < 1.29 is 18.7 Å². The molecule has 0 bridgehead atoms. The monoisotopic (exact) mass is 639 g/mol. The minimum Gasteiger partial charge on any atom is -0.493 e. The molecule has 2 N–H and O–H groups in total. The van der Waals surface area contributed by atoms with Crippen LogP contribution in [0.1, 0.15) is 21.5 Å². The Morgan fingerprint density at radius 3 is 2.46 bits per heavy atom. The van der Waals surface area contributed by atoms with Gasteiger partial charge in [-0.15, -0.1) is 0 Å². The van der Waals surface area contributed by atoms with Gasteiger partial charge in [-0.05, 0) is 83.4 Å². The zero-order chi connectivity index (χ0) is 32.5. The van der Waals surface area contributed by atoms with Crippen LogP contribution >= 0.6 is 0 Å². The van der Waals surface area contributed by atoms with E-state index in [0.29, 0.717) is 25.1 Å². The van der Waals surface area contributed by atoms with Crippen molar-refractivity contribution in [2.75, 3.05) is 48.4 Å². The van der Waals surface area contributed by atoms with Crippen molar-refractivity contribution in [3.05, 3.63) is 132 Å².